The summed E-state index contributed by atoms with van der Waals surface area (Å²) in [7, 11) is 0. The van der Waals surface area contributed by atoms with Crippen molar-refractivity contribution < 1.29 is 9.59 Å². The summed E-state index contributed by atoms with van der Waals surface area (Å²) >= 11 is 7.50. The number of amides is 2. The van der Waals surface area contributed by atoms with Gasteiger partial charge in [-0.25, -0.2) is 0 Å². The molecule has 0 bridgehead atoms. The SMILES string of the molecule is CSCC[C@@H](NC(=O)c1ccc(Cl)cc1)C(=O)Nc1cccc(C)c1C. The fraction of sp³-hybridized carbons (Fsp3) is 0.300. The fourth-order valence-electron chi connectivity index (χ4n) is 2.45. The molecular formula is C20H23ClN2O2S. The van der Waals surface area contributed by atoms with Crippen LogP contribution < -0.4 is 10.6 Å². The average molecular weight is 391 g/mol. The quantitative estimate of drug-likeness (QED) is 0.734. The Bertz CT molecular complexity index is 778. The van der Waals surface area contributed by atoms with E-state index in [0.29, 0.717) is 17.0 Å². The molecule has 0 spiro atoms. The molecule has 26 heavy (non-hydrogen) atoms. The van der Waals surface area contributed by atoms with Gasteiger partial charge in [-0.1, -0.05) is 23.7 Å². The first-order valence-corrected chi connectivity index (χ1v) is 10.1. The lowest BCUT2D eigenvalue weighted by atomic mass is 10.1. The number of halogens is 1. The molecule has 4 nitrogen and oxygen atoms in total. The van der Waals surface area contributed by atoms with Gasteiger partial charge in [-0.3, -0.25) is 9.59 Å². The second kappa shape index (κ2) is 9.64. The lowest BCUT2D eigenvalue weighted by Gasteiger charge is -2.19. The maximum absolute atomic E-state index is 12.7. The summed E-state index contributed by atoms with van der Waals surface area (Å²) < 4.78 is 0. The monoisotopic (exact) mass is 390 g/mol. The number of aryl methyl sites for hydroxylation is 1. The van der Waals surface area contributed by atoms with E-state index in [4.69, 9.17) is 11.6 Å². The van der Waals surface area contributed by atoms with E-state index in [1.54, 1.807) is 36.0 Å². The van der Waals surface area contributed by atoms with Gasteiger partial charge in [-0.15, -0.1) is 0 Å². The number of hydrogen-bond donors (Lipinski definition) is 2. The minimum absolute atomic E-state index is 0.213. The molecule has 0 saturated heterocycles. The van der Waals surface area contributed by atoms with Gasteiger partial charge in [0, 0.05) is 16.3 Å². The molecule has 2 rings (SSSR count). The van der Waals surface area contributed by atoms with Crippen molar-refractivity contribution in [3.63, 3.8) is 0 Å². The Balaban J connectivity index is 2.12. The summed E-state index contributed by atoms with van der Waals surface area (Å²) in [5.41, 5.74) is 3.37. The number of rotatable bonds is 7. The number of benzene rings is 2. The van der Waals surface area contributed by atoms with Crippen LogP contribution in [-0.4, -0.2) is 29.9 Å². The van der Waals surface area contributed by atoms with Gasteiger partial charge in [-0.2, -0.15) is 11.8 Å². The Morgan fingerprint density at radius 2 is 1.81 bits per heavy atom. The molecule has 2 aromatic rings. The van der Waals surface area contributed by atoms with Gasteiger partial charge in [0.25, 0.3) is 5.91 Å². The Morgan fingerprint density at radius 1 is 1.12 bits per heavy atom. The van der Waals surface area contributed by atoms with Crippen molar-refractivity contribution in [1.82, 2.24) is 5.32 Å². The molecule has 0 aliphatic carbocycles. The molecule has 0 aliphatic rings. The van der Waals surface area contributed by atoms with Crippen LogP contribution in [0, 0.1) is 13.8 Å². The van der Waals surface area contributed by atoms with Crippen LogP contribution in [0.5, 0.6) is 0 Å². The Kier molecular flexibility index (Phi) is 7.54. The zero-order valence-corrected chi connectivity index (χ0v) is 16.7. The minimum Gasteiger partial charge on any atom is -0.340 e. The fourth-order valence-corrected chi connectivity index (χ4v) is 3.05. The van der Waals surface area contributed by atoms with Crippen LogP contribution in [0.3, 0.4) is 0 Å². The molecule has 2 amide bonds. The summed E-state index contributed by atoms with van der Waals surface area (Å²) in [6, 6.07) is 11.8. The van der Waals surface area contributed by atoms with Gasteiger partial charge in [0.2, 0.25) is 5.91 Å². The summed E-state index contributed by atoms with van der Waals surface area (Å²) in [5, 5.41) is 6.34. The number of anilines is 1. The van der Waals surface area contributed by atoms with Crippen LogP contribution in [0.15, 0.2) is 42.5 Å². The highest BCUT2D eigenvalue weighted by atomic mass is 35.5. The van der Waals surface area contributed by atoms with Gasteiger partial charge in [-0.05, 0) is 73.7 Å². The van der Waals surface area contributed by atoms with Gasteiger partial charge >= 0.3 is 0 Å². The number of hydrogen-bond acceptors (Lipinski definition) is 3. The Labute approximate surface area is 163 Å². The van der Waals surface area contributed by atoms with E-state index in [0.717, 1.165) is 22.6 Å². The first-order valence-electron chi connectivity index (χ1n) is 8.35. The van der Waals surface area contributed by atoms with Crippen LogP contribution in [0.2, 0.25) is 5.02 Å². The van der Waals surface area contributed by atoms with E-state index in [1.165, 1.54) is 0 Å². The molecule has 2 N–H and O–H groups in total. The lowest BCUT2D eigenvalue weighted by molar-refractivity contribution is -0.118. The summed E-state index contributed by atoms with van der Waals surface area (Å²) in [4.78, 5) is 25.2. The number of carbonyl (C=O) groups is 2. The smallest absolute Gasteiger partial charge is 0.251 e. The molecule has 0 saturated carbocycles. The van der Waals surface area contributed by atoms with Crippen LogP contribution in [0.1, 0.15) is 27.9 Å². The lowest BCUT2D eigenvalue weighted by Crippen LogP contribution is -2.44. The topological polar surface area (TPSA) is 58.2 Å². The van der Waals surface area contributed by atoms with Gasteiger partial charge < -0.3 is 10.6 Å². The van der Waals surface area contributed by atoms with Crippen molar-refractivity contribution in [1.29, 1.82) is 0 Å². The van der Waals surface area contributed by atoms with E-state index in [1.807, 2.05) is 38.3 Å². The third-order valence-electron chi connectivity index (χ3n) is 4.20. The largest absolute Gasteiger partial charge is 0.340 e. The van der Waals surface area contributed by atoms with Gasteiger partial charge in [0.15, 0.2) is 0 Å². The summed E-state index contributed by atoms with van der Waals surface area (Å²) in [5.74, 6) is 0.269. The third kappa shape index (κ3) is 5.51. The molecule has 0 heterocycles. The maximum Gasteiger partial charge on any atom is 0.251 e. The molecule has 1 atom stereocenters. The zero-order valence-electron chi connectivity index (χ0n) is 15.1. The van der Waals surface area contributed by atoms with Crippen molar-refractivity contribution in [2.75, 3.05) is 17.3 Å². The average Bonchev–Trinajstić information content (AvgIpc) is 2.62. The molecule has 0 radical (unpaired) electrons. The first-order chi connectivity index (χ1) is 12.4. The highest BCUT2D eigenvalue weighted by Gasteiger charge is 2.22. The number of thioether (sulfide) groups is 1. The Morgan fingerprint density at radius 3 is 2.46 bits per heavy atom. The van der Waals surface area contributed by atoms with Crippen LogP contribution >= 0.6 is 23.4 Å². The van der Waals surface area contributed by atoms with Crippen molar-refractivity contribution in [3.8, 4) is 0 Å². The van der Waals surface area contributed by atoms with E-state index < -0.39 is 6.04 Å². The maximum atomic E-state index is 12.7. The second-order valence-corrected chi connectivity index (χ2v) is 7.47. The molecule has 0 unspecified atom stereocenters. The molecule has 138 valence electrons. The van der Waals surface area contributed by atoms with Crippen LogP contribution in [0.25, 0.3) is 0 Å². The predicted molar refractivity (Wildman–Crippen MR) is 110 cm³/mol. The summed E-state index contributed by atoms with van der Waals surface area (Å²) in [6.45, 7) is 3.96. The predicted octanol–water partition coefficient (Wildman–Crippen LogP) is 4.45. The van der Waals surface area contributed by atoms with Crippen molar-refractivity contribution in [2.24, 2.45) is 0 Å². The van der Waals surface area contributed by atoms with Crippen molar-refractivity contribution >= 4 is 40.9 Å². The van der Waals surface area contributed by atoms with Crippen LogP contribution in [-0.2, 0) is 4.79 Å². The molecule has 2 aromatic carbocycles. The molecule has 0 aromatic heterocycles. The van der Waals surface area contributed by atoms with E-state index in [-0.39, 0.29) is 11.8 Å². The molecule has 0 aliphatic heterocycles. The van der Waals surface area contributed by atoms with E-state index in [2.05, 4.69) is 10.6 Å². The third-order valence-corrected chi connectivity index (χ3v) is 5.10. The Hall–Kier alpha value is -1.98. The standard InChI is InChI=1S/C20H23ClN2O2S/c1-13-5-4-6-17(14(13)2)22-20(25)18(11-12-26-3)23-19(24)15-7-9-16(21)10-8-15/h4-10,18H,11-12H2,1-3H3,(H,22,25)(H,23,24)/t18-/m1/s1. The highest BCUT2D eigenvalue weighted by Crippen LogP contribution is 2.19. The molecule has 6 heteroatoms. The minimum atomic E-state index is -0.606. The zero-order chi connectivity index (χ0) is 19.1. The van der Waals surface area contributed by atoms with Gasteiger partial charge in [0.05, 0.1) is 0 Å². The van der Waals surface area contributed by atoms with E-state index >= 15 is 0 Å². The van der Waals surface area contributed by atoms with Crippen LogP contribution in [0.4, 0.5) is 5.69 Å². The molecular weight excluding hydrogens is 368 g/mol. The van der Waals surface area contributed by atoms with E-state index in [9.17, 15) is 9.59 Å². The molecule has 0 fully saturated rings. The van der Waals surface area contributed by atoms with Gasteiger partial charge in [0.1, 0.15) is 6.04 Å². The second-order valence-electron chi connectivity index (χ2n) is 6.05. The number of carbonyl (C=O) groups excluding carboxylic acids is 2. The van der Waals surface area contributed by atoms with Crippen molar-refractivity contribution in [3.05, 3.63) is 64.2 Å². The summed E-state index contributed by atoms with van der Waals surface area (Å²) in [6.07, 6.45) is 2.53. The number of nitrogens with one attached hydrogen (secondary N) is 2. The first kappa shape index (κ1) is 20.3. The normalized spacial score (nSPS) is 11.7. The highest BCUT2D eigenvalue weighted by molar-refractivity contribution is 7.98. The van der Waals surface area contributed by atoms with Crippen molar-refractivity contribution in [2.45, 2.75) is 26.3 Å².